The molecule has 84 valence electrons. The number of nitrogens with two attached hydrogens (primary N) is 1. The topological polar surface area (TPSA) is 52.0 Å². The molecular weight excluding hydrogens is 207 g/mol. The van der Waals surface area contributed by atoms with Crippen LogP contribution in [0, 0.1) is 5.82 Å². The fraction of sp³-hybridized carbons (Fsp3) is 0.250. The van der Waals surface area contributed by atoms with Crippen LogP contribution in [0.2, 0.25) is 0 Å². The summed E-state index contributed by atoms with van der Waals surface area (Å²) < 4.78 is 18.3. The molecule has 0 fully saturated rings. The molecule has 1 heterocycles. The van der Waals surface area contributed by atoms with Gasteiger partial charge in [-0.2, -0.15) is 0 Å². The van der Waals surface area contributed by atoms with E-state index >= 15 is 0 Å². The third kappa shape index (κ3) is 2.12. The van der Waals surface area contributed by atoms with Crippen molar-refractivity contribution in [1.82, 2.24) is 4.98 Å². The number of hydrogen-bond donors (Lipinski definition) is 1. The largest absolute Gasteiger partial charge is 0.444 e. The van der Waals surface area contributed by atoms with Crippen LogP contribution in [0.1, 0.15) is 18.5 Å². The van der Waals surface area contributed by atoms with E-state index in [2.05, 4.69) is 4.98 Å². The molecule has 0 aliphatic heterocycles. The Hall–Kier alpha value is -1.68. The lowest BCUT2D eigenvalue weighted by atomic mass is 10.1. The van der Waals surface area contributed by atoms with Crippen LogP contribution in [0.4, 0.5) is 4.39 Å². The zero-order valence-electron chi connectivity index (χ0n) is 8.98. The highest BCUT2D eigenvalue weighted by molar-refractivity contribution is 5.53. The van der Waals surface area contributed by atoms with Crippen molar-refractivity contribution in [2.45, 2.75) is 12.8 Å². The number of oxazole rings is 1. The van der Waals surface area contributed by atoms with E-state index in [0.717, 1.165) is 5.69 Å². The van der Waals surface area contributed by atoms with Crippen LogP contribution in [-0.2, 0) is 0 Å². The molecule has 0 spiro atoms. The summed E-state index contributed by atoms with van der Waals surface area (Å²) in [5.74, 6) is 0.269. The number of hydrogen-bond acceptors (Lipinski definition) is 3. The maximum Gasteiger partial charge on any atom is 0.226 e. The lowest BCUT2D eigenvalue weighted by Gasteiger charge is -2.01. The van der Waals surface area contributed by atoms with Crippen molar-refractivity contribution in [3.63, 3.8) is 0 Å². The normalized spacial score (nSPS) is 12.7. The third-order valence-electron chi connectivity index (χ3n) is 2.45. The highest BCUT2D eigenvalue weighted by Gasteiger charge is 2.11. The van der Waals surface area contributed by atoms with Gasteiger partial charge in [0.2, 0.25) is 5.89 Å². The molecule has 2 rings (SSSR count). The van der Waals surface area contributed by atoms with Gasteiger partial charge in [0.1, 0.15) is 12.1 Å². The van der Waals surface area contributed by atoms with E-state index < -0.39 is 0 Å². The lowest BCUT2D eigenvalue weighted by Crippen LogP contribution is -2.08. The zero-order chi connectivity index (χ0) is 11.5. The predicted octanol–water partition coefficient (Wildman–Crippen LogP) is 2.54. The summed E-state index contributed by atoms with van der Waals surface area (Å²) in [4.78, 5) is 4.28. The third-order valence-corrected chi connectivity index (χ3v) is 2.45. The number of nitrogens with zero attached hydrogens (tertiary/aromatic N) is 1. The summed E-state index contributed by atoms with van der Waals surface area (Å²) in [6.07, 6.45) is 1.57. The molecule has 1 atom stereocenters. The molecule has 3 nitrogen and oxygen atoms in total. The summed E-state index contributed by atoms with van der Waals surface area (Å²) in [5.41, 5.74) is 6.96. The molecule has 0 aliphatic carbocycles. The van der Waals surface area contributed by atoms with Gasteiger partial charge >= 0.3 is 0 Å². The lowest BCUT2D eigenvalue weighted by molar-refractivity contribution is 0.568. The molecule has 0 amide bonds. The summed E-state index contributed by atoms with van der Waals surface area (Å²) in [6, 6.07) is 6.16. The van der Waals surface area contributed by atoms with Crippen molar-refractivity contribution in [3.8, 4) is 11.5 Å². The van der Waals surface area contributed by atoms with Crippen LogP contribution in [0.3, 0.4) is 0 Å². The van der Waals surface area contributed by atoms with E-state index in [9.17, 15) is 4.39 Å². The SMILES string of the molecule is CC(CN)c1coc(-c2cccc(F)c2)n1. The molecule has 0 bridgehead atoms. The molecule has 16 heavy (non-hydrogen) atoms. The van der Waals surface area contributed by atoms with Crippen molar-refractivity contribution in [1.29, 1.82) is 0 Å². The van der Waals surface area contributed by atoms with Crippen molar-refractivity contribution < 1.29 is 8.81 Å². The summed E-state index contributed by atoms with van der Waals surface area (Å²) in [5, 5.41) is 0. The van der Waals surface area contributed by atoms with Crippen molar-refractivity contribution in [3.05, 3.63) is 42.0 Å². The Morgan fingerprint density at radius 3 is 3.00 bits per heavy atom. The van der Waals surface area contributed by atoms with Crippen molar-refractivity contribution in [2.75, 3.05) is 6.54 Å². The molecule has 1 unspecified atom stereocenters. The average Bonchev–Trinajstić information content (AvgIpc) is 2.77. The van der Waals surface area contributed by atoms with Gasteiger partial charge in [-0.15, -0.1) is 0 Å². The number of aromatic nitrogens is 1. The van der Waals surface area contributed by atoms with Crippen LogP contribution in [0.15, 0.2) is 34.9 Å². The number of halogens is 1. The Balaban J connectivity index is 2.31. The van der Waals surface area contributed by atoms with Crippen LogP contribution in [0.5, 0.6) is 0 Å². The first-order valence-electron chi connectivity index (χ1n) is 5.12. The van der Waals surface area contributed by atoms with Crippen LogP contribution >= 0.6 is 0 Å². The maximum atomic E-state index is 13.0. The molecular formula is C12H13FN2O. The molecule has 2 N–H and O–H groups in total. The highest BCUT2D eigenvalue weighted by atomic mass is 19.1. The summed E-state index contributed by atoms with van der Waals surface area (Å²) >= 11 is 0. The number of rotatable bonds is 3. The van der Waals surface area contributed by atoms with Gasteiger partial charge in [0.15, 0.2) is 0 Å². The molecule has 0 saturated heterocycles. The first-order valence-corrected chi connectivity index (χ1v) is 5.12. The molecule has 0 saturated carbocycles. The minimum Gasteiger partial charge on any atom is -0.444 e. The highest BCUT2D eigenvalue weighted by Crippen LogP contribution is 2.22. The Morgan fingerprint density at radius 1 is 1.50 bits per heavy atom. The quantitative estimate of drug-likeness (QED) is 0.864. The smallest absolute Gasteiger partial charge is 0.226 e. The van der Waals surface area contributed by atoms with Gasteiger partial charge < -0.3 is 10.2 Å². The van der Waals surface area contributed by atoms with Crippen LogP contribution in [0.25, 0.3) is 11.5 Å². The van der Waals surface area contributed by atoms with Crippen LogP contribution < -0.4 is 5.73 Å². The van der Waals surface area contributed by atoms with Gasteiger partial charge in [-0.25, -0.2) is 9.37 Å². The van der Waals surface area contributed by atoms with Crippen molar-refractivity contribution >= 4 is 0 Å². The molecule has 4 heteroatoms. The molecule has 0 aliphatic rings. The Morgan fingerprint density at radius 2 is 2.31 bits per heavy atom. The summed E-state index contributed by atoms with van der Waals surface area (Å²) in [6.45, 7) is 2.47. The van der Waals surface area contributed by atoms with E-state index in [0.29, 0.717) is 18.0 Å². The Bertz CT molecular complexity index is 481. The van der Waals surface area contributed by atoms with E-state index in [-0.39, 0.29) is 11.7 Å². The number of benzene rings is 1. The molecule has 2 aromatic rings. The molecule has 1 aromatic heterocycles. The van der Waals surface area contributed by atoms with E-state index in [1.165, 1.54) is 12.1 Å². The predicted molar refractivity (Wildman–Crippen MR) is 59.4 cm³/mol. The standard InChI is InChI=1S/C12H13FN2O/c1-8(6-14)11-7-16-12(15-11)9-3-2-4-10(13)5-9/h2-5,7-8H,6,14H2,1H3. The second-order valence-electron chi connectivity index (χ2n) is 3.72. The van der Waals surface area contributed by atoms with E-state index in [1.54, 1.807) is 18.4 Å². The average molecular weight is 220 g/mol. The Labute approximate surface area is 93.1 Å². The van der Waals surface area contributed by atoms with Crippen molar-refractivity contribution in [2.24, 2.45) is 5.73 Å². The van der Waals surface area contributed by atoms with Gasteiger partial charge in [-0.3, -0.25) is 0 Å². The monoisotopic (exact) mass is 220 g/mol. The fourth-order valence-corrected chi connectivity index (χ4v) is 1.39. The molecule has 0 radical (unpaired) electrons. The first-order chi connectivity index (χ1) is 7.70. The first kappa shape index (κ1) is 10.8. The van der Waals surface area contributed by atoms with E-state index in [1.807, 2.05) is 6.92 Å². The second kappa shape index (κ2) is 4.45. The fourth-order valence-electron chi connectivity index (χ4n) is 1.39. The van der Waals surface area contributed by atoms with Gasteiger partial charge in [-0.1, -0.05) is 13.0 Å². The van der Waals surface area contributed by atoms with Gasteiger partial charge in [-0.05, 0) is 18.2 Å². The minimum absolute atomic E-state index is 0.144. The second-order valence-corrected chi connectivity index (χ2v) is 3.72. The van der Waals surface area contributed by atoms with Gasteiger partial charge in [0, 0.05) is 18.0 Å². The maximum absolute atomic E-state index is 13.0. The van der Waals surface area contributed by atoms with Gasteiger partial charge in [0.05, 0.1) is 5.69 Å². The molecule has 1 aromatic carbocycles. The van der Waals surface area contributed by atoms with Crippen LogP contribution in [-0.4, -0.2) is 11.5 Å². The summed E-state index contributed by atoms with van der Waals surface area (Å²) in [7, 11) is 0. The Kier molecular flexibility index (Phi) is 3.01. The van der Waals surface area contributed by atoms with Gasteiger partial charge in [0.25, 0.3) is 0 Å². The zero-order valence-corrected chi connectivity index (χ0v) is 8.98. The van der Waals surface area contributed by atoms with E-state index in [4.69, 9.17) is 10.2 Å². The minimum atomic E-state index is -0.302.